The monoisotopic (exact) mass is 245 g/mol. The normalized spacial score (nSPS) is 23.9. The predicted octanol–water partition coefficient (Wildman–Crippen LogP) is 4.10. The number of nitrogens with zero attached hydrogens (tertiary/aromatic N) is 1. The number of ketones is 1. The highest BCUT2D eigenvalue weighted by molar-refractivity contribution is 5.98. The van der Waals surface area contributed by atoms with Gasteiger partial charge in [-0.2, -0.15) is 0 Å². The molecule has 2 heteroatoms. The van der Waals surface area contributed by atoms with Gasteiger partial charge in [0.2, 0.25) is 0 Å². The Balaban J connectivity index is 2.15. The Bertz CT molecular complexity index is 439. The first kappa shape index (κ1) is 13.3. The summed E-state index contributed by atoms with van der Waals surface area (Å²) in [6.45, 7) is 6.14. The molecule has 0 aliphatic heterocycles. The summed E-state index contributed by atoms with van der Waals surface area (Å²) in [6, 6.07) is 3.90. The molecule has 0 bridgehead atoms. The standard InChI is InChI=1S/C16H23NO/c1-4-13-6-5-7-14(10-13)16(18)15-9-8-11(2)17-12(15)3/h8-9,13-14H,4-7,10H2,1-3H3. The molecule has 2 unspecified atom stereocenters. The molecular formula is C16H23NO. The van der Waals surface area contributed by atoms with Crippen molar-refractivity contribution in [3.63, 3.8) is 0 Å². The van der Waals surface area contributed by atoms with E-state index in [9.17, 15) is 4.79 Å². The van der Waals surface area contributed by atoms with Crippen molar-refractivity contribution in [3.05, 3.63) is 29.1 Å². The number of Topliss-reactive ketones (excluding diaryl/α,β-unsaturated/α-hetero) is 1. The maximum absolute atomic E-state index is 12.6. The summed E-state index contributed by atoms with van der Waals surface area (Å²) >= 11 is 0. The molecule has 98 valence electrons. The number of hydrogen-bond acceptors (Lipinski definition) is 2. The predicted molar refractivity (Wildman–Crippen MR) is 73.8 cm³/mol. The Morgan fingerprint density at radius 2 is 2.11 bits per heavy atom. The smallest absolute Gasteiger partial charge is 0.167 e. The van der Waals surface area contributed by atoms with Crippen LogP contribution in [0.5, 0.6) is 0 Å². The minimum Gasteiger partial charge on any atom is -0.294 e. The van der Waals surface area contributed by atoms with Crippen molar-refractivity contribution in [1.82, 2.24) is 4.98 Å². The van der Waals surface area contributed by atoms with Crippen molar-refractivity contribution in [3.8, 4) is 0 Å². The SMILES string of the molecule is CCC1CCCC(C(=O)c2ccc(C)nc2C)C1. The largest absolute Gasteiger partial charge is 0.294 e. The summed E-state index contributed by atoms with van der Waals surface area (Å²) in [5, 5.41) is 0. The lowest BCUT2D eigenvalue weighted by Crippen LogP contribution is -2.23. The minimum absolute atomic E-state index is 0.229. The summed E-state index contributed by atoms with van der Waals surface area (Å²) in [6.07, 6.45) is 5.83. The van der Waals surface area contributed by atoms with Crippen molar-refractivity contribution in [2.45, 2.75) is 52.9 Å². The van der Waals surface area contributed by atoms with Crippen molar-refractivity contribution in [2.24, 2.45) is 11.8 Å². The Labute approximate surface area is 110 Å². The maximum atomic E-state index is 12.6. The zero-order chi connectivity index (χ0) is 13.1. The van der Waals surface area contributed by atoms with E-state index in [4.69, 9.17) is 0 Å². The molecule has 1 aliphatic carbocycles. The Hall–Kier alpha value is -1.18. The van der Waals surface area contributed by atoms with E-state index in [1.54, 1.807) is 0 Å². The molecule has 1 aromatic heterocycles. The van der Waals surface area contributed by atoms with Crippen LogP contribution in [0.15, 0.2) is 12.1 Å². The topological polar surface area (TPSA) is 30.0 Å². The van der Waals surface area contributed by atoms with Gasteiger partial charge in [-0.15, -0.1) is 0 Å². The van der Waals surface area contributed by atoms with E-state index < -0.39 is 0 Å². The van der Waals surface area contributed by atoms with E-state index >= 15 is 0 Å². The van der Waals surface area contributed by atoms with Crippen LogP contribution in [0.4, 0.5) is 0 Å². The molecule has 1 aliphatic rings. The van der Waals surface area contributed by atoms with Gasteiger partial charge < -0.3 is 0 Å². The van der Waals surface area contributed by atoms with Gasteiger partial charge in [0.05, 0.1) is 0 Å². The second-order valence-corrected chi connectivity index (χ2v) is 5.59. The van der Waals surface area contributed by atoms with Crippen molar-refractivity contribution >= 4 is 5.78 Å². The quantitative estimate of drug-likeness (QED) is 0.750. The zero-order valence-electron chi connectivity index (χ0n) is 11.7. The van der Waals surface area contributed by atoms with Crippen LogP contribution in [0.3, 0.4) is 0 Å². The molecule has 0 amide bonds. The van der Waals surface area contributed by atoms with Crippen LogP contribution in [0.25, 0.3) is 0 Å². The molecule has 0 radical (unpaired) electrons. The van der Waals surface area contributed by atoms with Gasteiger partial charge >= 0.3 is 0 Å². The molecule has 18 heavy (non-hydrogen) atoms. The summed E-state index contributed by atoms with van der Waals surface area (Å²) < 4.78 is 0. The Kier molecular flexibility index (Phi) is 4.15. The first-order valence-electron chi connectivity index (χ1n) is 7.10. The molecular weight excluding hydrogens is 222 g/mol. The summed E-state index contributed by atoms with van der Waals surface area (Å²) in [5.41, 5.74) is 2.71. The molecule has 1 heterocycles. The van der Waals surface area contributed by atoms with E-state index in [1.807, 2.05) is 26.0 Å². The zero-order valence-corrected chi connectivity index (χ0v) is 11.7. The van der Waals surface area contributed by atoms with E-state index in [1.165, 1.54) is 19.3 Å². The van der Waals surface area contributed by atoms with Crippen molar-refractivity contribution in [2.75, 3.05) is 0 Å². The van der Waals surface area contributed by atoms with E-state index in [0.717, 1.165) is 35.7 Å². The van der Waals surface area contributed by atoms with Crippen molar-refractivity contribution < 1.29 is 4.79 Å². The van der Waals surface area contributed by atoms with Gasteiger partial charge in [-0.1, -0.05) is 26.2 Å². The number of carbonyl (C=O) groups excluding carboxylic acids is 1. The number of pyridine rings is 1. The first-order valence-corrected chi connectivity index (χ1v) is 7.10. The molecule has 0 aromatic carbocycles. The van der Waals surface area contributed by atoms with Crippen LogP contribution in [0.1, 0.15) is 60.8 Å². The lowest BCUT2D eigenvalue weighted by molar-refractivity contribution is 0.0861. The van der Waals surface area contributed by atoms with Crippen LogP contribution < -0.4 is 0 Å². The highest BCUT2D eigenvalue weighted by Gasteiger charge is 2.27. The van der Waals surface area contributed by atoms with Gasteiger partial charge in [0.1, 0.15) is 0 Å². The fourth-order valence-electron chi connectivity index (χ4n) is 3.07. The van der Waals surface area contributed by atoms with E-state index in [2.05, 4.69) is 11.9 Å². The lowest BCUT2D eigenvalue weighted by Gasteiger charge is -2.27. The first-order chi connectivity index (χ1) is 8.61. The van der Waals surface area contributed by atoms with Gasteiger partial charge in [-0.25, -0.2) is 0 Å². The molecule has 2 nitrogen and oxygen atoms in total. The van der Waals surface area contributed by atoms with Gasteiger partial charge in [0, 0.05) is 22.9 Å². The number of aromatic nitrogens is 1. The van der Waals surface area contributed by atoms with Gasteiger partial charge in [0.25, 0.3) is 0 Å². The second-order valence-electron chi connectivity index (χ2n) is 5.59. The third-order valence-corrected chi connectivity index (χ3v) is 4.22. The second kappa shape index (κ2) is 5.64. The van der Waals surface area contributed by atoms with E-state index in [-0.39, 0.29) is 5.92 Å². The molecule has 0 saturated heterocycles. The number of aryl methyl sites for hydroxylation is 2. The van der Waals surface area contributed by atoms with Crippen LogP contribution in [-0.2, 0) is 0 Å². The van der Waals surface area contributed by atoms with Crippen molar-refractivity contribution in [1.29, 1.82) is 0 Å². The number of carbonyl (C=O) groups is 1. The fourth-order valence-corrected chi connectivity index (χ4v) is 3.07. The molecule has 2 rings (SSSR count). The average Bonchev–Trinajstić information content (AvgIpc) is 2.38. The van der Waals surface area contributed by atoms with Crippen LogP contribution in [0, 0.1) is 25.7 Å². The average molecular weight is 245 g/mol. The summed E-state index contributed by atoms with van der Waals surface area (Å²) in [5.74, 6) is 1.29. The van der Waals surface area contributed by atoms with Crippen LogP contribution >= 0.6 is 0 Å². The Morgan fingerprint density at radius 1 is 1.33 bits per heavy atom. The molecule has 0 spiro atoms. The highest BCUT2D eigenvalue weighted by atomic mass is 16.1. The number of hydrogen-bond donors (Lipinski definition) is 0. The number of rotatable bonds is 3. The summed E-state index contributed by atoms with van der Waals surface area (Å²) in [7, 11) is 0. The maximum Gasteiger partial charge on any atom is 0.167 e. The van der Waals surface area contributed by atoms with Gasteiger partial charge in [-0.05, 0) is 44.7 Å². The fraction of sp³-hybridized carbons (Fsp3) is 0.625. The third-order valence-electron chi connectivity index (χ3n) is 4.22. The molecule has 1 aromatic rings. The van der Waals surface area contributed by atoms with Gasteiger partial charge in [0.15, 0.2) is 5.78 Å². The minimum atomic E-state index is 0.229. The highest BCUT2D eigenvalue weighted by Crippen LogP contribution is 2.33. The van der Waals surface area contributed by atoms with E-state index in [0.29, 0.717) is 5.78 Å². The molecule has 1 fully saturated rings. The molecule has 0 N–H and O–H groups in total. The van der Waals surface area contributed by atoms with Crippen LogP contribution in [-0.4, -0.2) is 10.8 Å². The third kappa shape index (κ3) is 2.80. The summed E-state index contributed by atoms with van der Waals surface area (Å²) in [4.78, 5) is 17.0. The lowest BCUT2D eigenvalue weighted by atomic mass is 9.77. The van der Waals surface area contributed by atoms with Gasteiger partial charge in [-0.3, -0.25) is 9.78 Å². The van der Waals surface area contributed by atoms with Crippen LogP contribution in [0.2, 0.25) is 0 Å². The molecule has 1 saturated carbocycles. The molecule has 2 atom stereocenters. The Morgan fingerprint density at radius 3 is 2.78 bits per heavy atom.